The van der Waals surface area contributed by atoms with Gasteiger partial charge in [0, 0.05) is 25.5 Å². The van der Waals surface area contributed by atoms with Crippen LogP contribution in [0.5, 0.6) is 5.75 Å². The van der Waals surface area contributed by atoms with Crippen molar-refractivity contribution in [2.75, 3.05) is 38.0 Å². The Morgan fingerprint density at radius 1 is 1.18 bits per heavy atom. The zero-order chi connectivity index (χ0) is 15.8. The largest absolute Gasteiger partial charge is 0.497 e. The van der Waals surface area contributed by atoms with Gasteiger partial charge in [-0.25, -0.2) is 9.97 Å². The maximum absolute atomic E-state index is 12.2. The minimum absolute atomic E-state index is 0.283. The van der Waals surface area contributed by atoms with Gasteiger partial charge in [0.25, 0.3) is 5.91 Å². The Morgan fingerprint density at radius 3 is 2.64 bits per heavy atom. The third-order valence-corrected chi connectivity index (χ3v) is 2.83. The second-order valence-corrected chi connectivity index (χ2v) is 4.37. The van der Waals surface area contributed by atoms with Crippen LogP contribution in [0.15, 0.2) is 36.5 Å². The third-order valence-electron chi connectivity index (χ3n) is 2.83. The first-order chi connectivity index (χ1) is 10.7. The standard InChI is InChI=1S/C15H18N4O3/c1-21-10-9-17-15-16-8-7-13(19-15)14(20)18-11-3-5-12(22-2)6-4-11/h3-8H,9-10H2,1-2H3,(H,18,20)(H,16,17,19). The van der Waals surface area contributed by atoms with E-state index in [0.717, 1.165) is 5.75 Å². The minimum atomic E-state index is -0.303. The van der Waals surface area contributed by atoms with E-state index in [2.05, 4.69) is 20.6 Å². The molecule has 0 aliphatic heterocycles. The van der Waals surface area contributed by atoms with Crippen LogP contribution < -0.4 is 15.4 Å². The van der Waals surface area contributed by atoms with Crippen LogP contribution in [0, 0.1) is 0 Å². The molecule has 7 heteroatoms. The molecule has 2 N–H and O–H groups in total. The van der Waals surface area contributed by atoms with Crippen molar-refractivity contribution in [2.24, 2.45) is 0 Å². The zero-order valence-corrected chi connectivity index (χ0v) is 12.5. The topological polar surface area (TPSA) is 85.4 Å². The van der Waals surface area contributed by atoms with E-state index >= 15 is 0 Å². The number of hydrogen-bond acceptors (Lipinski definition) is 6. The molecule has 0 radical (unpaired) electrons. The fourth-order valence-corrected chi connectivity index (χ4v) is 1.70. The van der Waals surface area contributed by atoms with Crippen molar-refractivity contribution >= 4 is 17.5 Å². The number of nitrogens with zero attached hydrogens (tertiary/aromatic N) is 2. The maximum atomic E-state index is 12.2. The lowest BCUT2D eigenvalue weighted by Crippen LogP contribution is -2.16. The van der Waals surface area contributed by atoms with Crippen molar-refractivity contribution in [1.82, 2.24) is 9.97 Å². The second kappa shape index (κ2) is 7.94. The summed E-state index contributed by atoms with van der Waals surface area (Å²) in [6.07, 6.45) is 1.53. The molecular weight excluding hydrogens is 284 g/mol. The summed E-state index contributed by atoms with van der Waals surface area (Å²) in [5.41, 5.74) is 0.948. The summed E-state index contributed by atoms with van der Waals surface area (Å²) in [6.45, 7) is 1.10. The predicted molar refractivity (Wildman–Crippen MR) is 83.3 cm³/mol. The molecule has 0 bridgehead atoms. The van der Waals surface area contributed by atoms with Crippen LogP contribution in [0.3, 0.4) is 0 Å². The highest BCUT2D eigenvalue weighted by Crippen LogP contribution is 2.15. The summed E-state index contributed by atoms with van der Waals surface area (Å²) in [6, 6.07) is 8.62. The Balaban J connectivity index is 2.00. The number of benzene rings is 1. The van der Waals surface area contributed by atoms with Gasteiger partial charge in [0.05, 0.1) is 13.7 Å². The van der Waals surface area contributed by atoms with Gasteiger partial charge in [0.15, 0.2) is 0 Å². The van der Waals surface area contributed by atoms with E-state index in [1.54, 1.807) is 44.6 Å². The first kappa shape index (κ1) is 15.7. The summed E-state index contributed by atoms with van der Waals surface area (Å²) in [5, 5.41) is 5.74. The van der Waals surface area contributed by atoms with E-state index in [9.17, 15) is 4.79 Å². The molecular formula is C15H18N4O3. The molecule has 0 fully saturated rings. The van der Waals surface area contributed by atoms with E-state index < -0.39 is 0 Å². The second-order valence-electron chi connectivity index (χ2n) is 4.37. The van der Waals surface area contributed by atoms with Gasteiger partial charge in [-0.1, -0.05) is 0 Å². The Bertz CT molecular complexity index is 616. The van der Waals surface area contributed by atoms with Gasteiger partial charge in [-0.15, -0.1) is 0 Å². The number of hydrogen-bond donors (Lipinski definition) is 2. The van der Waals surface area contributed by atoms with Gasteiger partial charge in [-0.2, -0.15) is 0 Å². The van der Waals surface area contributed by atoms with Crippen molar-refractivity contribution < 1.29 is 14.3 Å². The highest BCUT2D eigenvalue weighted by atomic mass is 16.5. The molecule has 1 aromatic heterocycles. The minimum Gasteiger partial charge on any atom is -0.497 e. The smallest absolute Gasteiger partial charge is 0.274 e. The molecule has 22 heavy (non-hydrogen) atoms. The molecule has 2 rings (SSSR count). The summed E-state index contributed by atoms with van der Waals surface area (Å²) in [7, 11) is 3.20. The molecule has 116 valence electrons. The number of anilines is 2. The molecule has 7 nitrogen and oxygen atoms in total. The highest BCUT2D eigenvalue weighted by molar-refractivity contribution is 6.02. The number of methoxy groups -OCH3 is 2. The quantitative estimate of drug-likeness (QED) is 0.759. The molecule has 0 aliphatic rings. The zero-order valence-electron chi connectivity index (χ0n) is 12.5. The van der Waals surface area contributed by atoms with E-state index in [0.29, 0.717) is 24.8 Å². The molecule has 0 saturated heterocycles. The van der Waals surface area contributed by atoms with Crippen LogP contribution in [0.2, 0.25) is 0 Å². The Morgan fingerprint density at radius 2 is 1.95 bits per heavy atom. The molecule has 0 atom stereocenters. The summed E-state index contributed by atoms with van der Waals surface area (Å²) in [5.74, 6) is 0.812. The average Bonchev–Trinajstić information content (AvgIpc) is 2.56. The number of rotatable bonds is 7. The molecule has 2 aromatic rings. The summed E-state index contributed by atoms with van der Waals surface area (Å²) < 4.78 is 10.0. The molecule has 0 aliphatic carbocycles. The normalized spacial score (nSPS) is 10.1. The van der Waals surface area contributed by atoms with Crippen LogP contribution in [-0.2, 0) is 4.74 Å². The van der Waals surface area contributed by atoms with Crippen LogP contribution >= 0.6 is 0 Å². The van der Waals surface area contributed by atoms with Gasteiger partial charge >= 0.3 is 0 Å². The molecule has 1 aromatic carbocycles. The van der Waals surface area contributed by atoms with E-state index in [-0.39, 0.29) is 11.6 Å². The van der Waals surface area contributed by atoms with Gasteiger partial charge in [0.1, 0.15) is 11.4 Å². The van der Waals surface area contributed by atoms with Crippen molar-refractivity contribution in [3.8, 4) is 5.75 Å². The fourth-order valence-electron chi connectivity index (χ4n) is 1.70. The number of carbonyl (C=O) groups is 1. The van der Waals surface area contributed by atoms with Gasteiger partial charge in [-0.3, -0.25) is 4.79 Å². The Hall–Kier alpha value is -2.67. The van der Waals surface area contributed by atoms with Gasteiger partial charge in [0.2, 0.25) is 5.95 Å². The lowest BCUT2D eigenvalue weighted by Gasteiger charge is -2.07. The van der Waals surface area contributed by atoms with Crippen LogP contribution in [0.1, 0.15) is 10.5 Å². The highest BCUT2D eigenvalue weighted by Gasteiger charge is 2.09. The summed E-state index contributed by atoms with van der Waals surface area (Å²) in [4.78, 5) is 20.4. The Labute approximate surface area is 128 Å². The van der Waals surface area contributed by atoms with E-state index in [4.69, 9.17) is 9.47 Å². The van der Waals surface area contributed by atoms with Crippen molar-refractivity contribution in [3.05, 3.63) is 42.2 Å². The fraction of sp³-hybridized carbons (Fsp3) is 0.267. The number of ether oxygens (including phenoxy) is 2. The van der Waals surface area contributed by atoms with Crippen molar-refractivity contribution in [3.63, 3.8) is 0 Å². The first-order valence-corrected chi connectivity index (χ1v) is 6.74. The molecule has 1 amide bonds. The molecule has 0 spiro atoms. The van der Waals surface area contributed by atoms with Crippen molar-refractivity contribution in [2.45, 2.75) is 0 Å². The first-order valence-electron chi connectivity index (χ1n) is 6.74. The molecule has 0 saturated carbocycles. The van der Waals surface area contributed by atoms with Crippen LogP contribution in [-0.4, -0.2) is 43.2 Å². The van der Waals surface area contributed by atoms with E-state index in [1.165, 1.54) is 6.20 Å². The summed E-state index contributed by atoms with van der Waals surface area (Å²) >= 11 is 0. The maximum Gasteiger partial charge on any atom is 0.274 e. The SMILES string of the molecule is COCCNc1nccc(C(=O)Nc2ccc(OC)cc2)n1. The number of aromatic nitrogens is 2. The predicted octanol–water partition coefficient (Wildman–Crippen LogP) is 1.80. The number of carbonyl (C=O) groups excluding carboxylic acids is 1. The number of nitrogens with one attached hydrogen (secondary N) is 2. The monoisotopic (exact) mass is 302 g/mol. The van der Waals surface area contributed by atoms with Crippen LogP contribution in [0.25, 0.3) is 0 Å². The lowest BCUT2D eigenvalue weighted by molar-refractivity contribution is 0.102. The average molecular weight is 302 g/mol. The molecule has 1 heterocycles. The molecule has 0 unspecified atom stereocenters. The van der Waals surface area contributed by atoms with Crippen molar-refractivity contribution in [1.29, 1.82) is 0 Å². The Kier molecular flexibility index (Phi) is 5.67. The lowest BCUT2D eigenvalue weighted by atomic mass is 10.3. The van der Waals surface area contributed by atoms with E-state index in [1.807, 2.05) is 0 Å². The van der Waals surface area contributed by atoms with Gasteiger partial charge < -0.3 is 20.1 Å². The van der Waals surface area contributed by atoms with Gasteiger partial charge in [-0.05, 0) is 30.3 Å². The number of amides is 1. The van der Waals surface area contributed by atoms with Crippen LogP contribution in [0.4, 0.5) is 11.6 Å². The third kappa shape index (κ3) is 4.42.